The summed E-state index contributed by atoms with van der Waals surface area (Å²) in [5.74, 6) is -1.02. The number of hydrogen-bond acceptors (Lipinski definition) is 3. The lowest BCUT2D eigenvalue weighted by Crippen LogP contribution is -2.51. The summed E-state index contributed by atoms with van der Waals surface area (Å²) < 4.78 is 0. The van der Waals surface area contributed by atoms with Crippen LogP contribution in [0.4, 0.5) is 5.69 Å². The molecule has 0 aliphatic carbocycles. The lowest BCUT2D eigenvalue weighted by molar-refractivity contribution is -0.135. The van der Waals surface area contributed by atoms with Gasteiger partial charge in [-0.15, -0.1) is 0 Å². The Hall–Kier alpha value is -3.15. The molecule has 0 saturated carbocycles. The van der Waals surface area contributed by atoms with Gasteiger partial charge >= 0.3 is 0 Å². The zero-order chi connectivity index (χ0) is 22.4. The van der Waals surface area contributed by atoms with Crippen molar-refractivity contribution in [2.75, 3.05) is 18.9 Å². The number of likely N-dealkylation sites (N-methyl/N-ethyl adjacent to an activating group) is 1. The highest BCUT2D eigenvalue weighted by Gasteiger charge is 2.28. The summed E-state index contributed by atoms with van der Waals surface area (Å²) in [6.45, 7) is 9.38. The van der Waals surface area contributed by atoms with Gasteiger partial charge in [-0.05, 0) is 49.9 Å². The summed E-state index contributed by atoms with van der Waals surface area (Å²) in [4.78, 5) is 39.5. The molecule has 0 unspecified atom stereocenters. The molecule has 0 radical (unpaired) electrons. The normalized spacial score (nSPS) is 11.7. The summed E-state index contributed by atoms with van der Waals surface area (Å²) in [5.41, 5.74) is 4.15. The van der Waals surface area contributed by atoms with E-state index in [1.807, 2.05) is 58.9 Å². The molecule has 1 atom stereocenters. The second-order valence-electron chi connectivity index (χ2n) is 8.07. The fourth-order valence-electron chi connectivity index (χ4n) is 3.25. The Morgan fingerprint density at radius 1 is 0.967 bits per heavy atom. The molecular formula is C24H31N3O3. The number of anilines is 1. The minimum atomic E-state index is -0.726. The maximum atomic E-state index is 13.0. The quantitative estimate of drug-likeness (QED) is 0.735. The van der Waals surface area contributed by atoms with E-state index >= 15 is 0 Å². The van der Waals surface area contributed by atoms with Crippen LogP contribution in [0.15, 0.2) is 42.5 Å². The average molecular weight is 410 g/mol. The molecule has 0 fully saturated rings. The van der Waals surface area contributed by atoms with Crippen LogP contribution in [-0.2, 0) is 9.59 Å². The molecule has 0 spiro atoms. The van der Waals surface area contributed by atoms with Crippen LogP contribution in [-0.4, -0.2) is 42.3 Å². The summed E-state index contributed by atoms with van der Waals surface area (Å²) >= 11 is 0. The zero-order valence-electron chi connectivity index (χ0n) is 18.6. The van der Waals surface area contributed by atoms with Crippen LogP contribution >= 0.6 is 0 Å². The van der Waals surface area contributed by atoms with E-state index in [0.29, 0.717) is 5.56 Å². The van der Waals surface area contributed by atoms with Crippen molar-refractivity contribution in [3.63, 3.8) is 0 Å². The highest BCUT2D eigenvalue weighted by atomic mass is 16.2. The van der Waals surface area contributed by atoms with Gasteiger partial charge in [-0.2, -0.15) is 0 Å². The Morgan fingerprint density at radius 3 is 2.13 bits per heavy atom. The minimum absolute atomic E-state index is 0.101. The van der Waals surface area contributed by atoms with Crippen molar-refractivity contribution in [1.29, 1.82) is 0 Å². The Balaban J connectivity index is 2.05. The molecular weight excluding hydrogens is 378 g/mol. The maximum Gasteiger partial charge on any atom is 0.251 e. The standard InChI is InChI=1S/C24H31N3O3/c1-15(2)21(26-23(29)19-12-7-9-16(3)13-19)24(30)27(6)14-20(28)25-22-17(4)10-8-11-18(22)5/h7-13,15,21H,14H2,1-6H3,(H,25,28)(H,26,29)/t21-/m0/s1. The first-order valence-electron chi connectivity index (χ1n) is 10.1. The van der Waals surface area contributed by atoms with E-state index in [9.17, 15) is 14.4 Å². The van der Waals surface area contributed by atoms with Crippen molar-refractivity contribution in [1.82, 2.24) is 10.2 Å². The average Bonchev–Trinajstić information content (AvgIpc) is 2.68. The third-order valence-corrected chi connectivity index (χ3v) is 5.00. The summed E-state index contributed by atoms with van der Waals surface area (Å²) in [6.07, 6.45) is 0. The van der Waals surface area contributed by atoms with Gasteiger partial charge in [0.15, 0.2) is 0 Å². The van der Waals surface area contributed by atoms with Gasteiger partial charge in [0.05, 0.1) is 6.54 Å². The zero-order valence-corrected chi connectivity index (χ0v) is 18.6. The molecule has 0 saturated heterocycles. The van der Waals surface area contributed by atoms with Crippen LogP contribution in [0.25, 0.3) is 0 Å². The van der Waals surface area contributed by atoms with Crippen molar-refractivity contribution in [2.45, 2.75) is 40.7 Å². The molecule has 2 N–H and O–H groups in total. The number of benzene rings is 2. The molecule has 0 aliphatic heterocycles. The van der Waals surface area contributed by atoms with Crippen LogP contribution in [0.3, 0.4) is 0 Å². The lowest BCUT2D eigenvalue weighted by Gasteiger charge is -2.27. The molecule has 0 aliphatic rings. The van der Waals surface area contributed by atoms with Gasteiger partial charge in [-0.3, -0.25) is 14.4 Å². The molecule has 2 aromatic carbocycles. The van der Waals surface area contributed by atoms with Crippen LogP contribution in [0.5, 0.6) is 0 Å². The van der Waals surface area contributed by atoms with E-state index in [-0.39, 0.29) is 30.2 Å². The second kappa shape index (κ2) is 10.1. The number of rotatable bonds is 7. The molecule has 6 nitrogen and oxygen atoms in total. The maximum absolute atomic E-state index is 13.0. The molecule has 2 rings (SSSR count). The SMILES string of the molecule is Cc1cccc(C(=O)N[C@H](C(=O)N(C)CC(=O)Nc2c(C)cccc2C)C(C)C)c1. The van der Waals surface area contributed by atoms with Crippen LogP contribution in [0, 0.1) is 26.7 Å². The highest BCUT2D eigenvalue weighted by molar-refractivity contribution is 5.99. The monoisotopic (exact) mass is 409 g/mol. The predicted octanol–water partition coefficient (Wildman–Crippen LogP) is 3.46. The Bertz CT molecular complexity index is 917. The molecule has 3 amide bonds. The van der Waals surface area contributed by atoms with Crippen molar-refractivity contribution in [2.24, 2.45) is 5.92 Å². The lowest BCUT2D eigenvalue weighted by atomic mass is 10.0. The fourth-order valence-corrected chi connectivity index (χ4v) is 3.25. The largest absolute Gasteiger partial charge is 0.340 e. The van der Waals surface area contributed by atoms with Gasteiger partial charge in [-0.1, -0.05) is 49.7 Å². The van der Waals surface area contributed by atoms with Gasteiger partial charge in [0, 0.05) is 18.3 Å². The Kier molecular flexibility index (Phi) is 7.75. The summed E-state index contributed by atoms with van der Waals surface area (Å²) in [6, 6.07) is 12.3. The summed E-state index contributed by atoms with van der Waals surface area (Å²) in [7, 11) is 1.57. The van der Waals surface area contributed by atoms with E-state index < -0.39 is 6.04 Å². The molecule has 0 bridgehead atoms. The fraction of sp³-hybridized carbons (Fsp3) is 0.375. The van der Waals surface area contributed by atoms with Crippen molar-refractivity contribution < 1.29 is 14.4 Å². The minimum Gasteiger partial charge on any atom is -0.340 e. The summed E-state index contributed by atoms with van der Waals surface area (Å²) in [5, 5.41) is 5.71. The first kappa shape index (κ1) is 23.1. The van der Waals surface area contributed by atoms with Crippen molar-refractivity contribution in [3.8, 4) is 0 Å². The van der Waals surface area contributed by atoms with Gasteiger partial charge < -0.3 is 15.5 Å². The number of carbonyl (C=O) groups excluding carboxylic acids is 3. The van der Waals surface area contributed by atoms with E-state index in [1.165, 1.54) is 4.90 Å². The first-order chi connectivity index (χ1) is 14.1. The van der Waals surface area contributed by atoms with Crippen LogP contribution < -0.4 is 10.6 Å². The van der Waals surface area contributed by atoms with E-state index in [0.717, 1.165) is 22.4 Å². The third kappa shape index (κ3) is 5.92. The van der Waals surface area contributed by atoms with Crippen LogP contribution in [0.2, 0.25) is 0 Å². The topological polar surface area (TPSA) is 78.5 Å². The first-order valence-corrected chi connectivity index (χ1v) is 10.1. The van der Waals surface area contributed by atoms with E-state index in [1.54, 1.807) is 25.2 Å². The molecule has 0 aromatic heterocycles. The Labute approximate surface area is 178 Å². The smallest absolute Gasteiger partial charge is 0.251 e. The third-order valence-electron chi connectivity index (χ3n) is 5.00. The predicted molar refractivity (Wildman–Crippen MR) is 119 cm³/mol. The number of aryl methyl sites for hydroxylation is 3. The molecule has 6 heteroatoms. The van der Waals surface area contributed by atoms with Gasteiger partial charge in [0.25, 0.3) is 5.91 Å². The number of para-hydroxylation sites is 1. The Morgan fingerprint density at radius 2 is 1.57 bits per heavy atom. The second-order valence-corrected chi connectivity index (χ2v) is 8.07. The van der Waals surface area contributed by atoms with Gasteiger partial charge in [0.2, 0.25) is 11.8 Å². The van der Waals surface area contributed by atoms with Crippen molar-refractivity contribution >= 4 is 23.4 Å². The highest BCUT2D eigenvalue weighted by Crippen LogP contribution is 2.19. The number of nitrogens with one attached hydrogen (secondary N) is 2. The van der Waals surface area contributed by atoms with Crippen molar-refractivity contribution in [3.05, 3.63) is 64.7 Å². The number of nitrogens with zero attached hydrogens (tertiary/aromatic N) is 1. The molecule has 2 aromatic rings. The number of hydrogen-bond donors (Lipinski definition) is 2. The number of carbonyl (C=O) groups is 3. The van der Waals surface area contributed by atoms with E-state index in [2.05, 4.69) is 10.6 Å². The molecule has 160 valence electrons. The van der Waals surface area contributed by atoms with E-state index in [4.69, 9.17) is 0 Å². The molecule has 0 heterocycles. The number of amides is 3. The van der Waals surface area contributed by atoms with Gasteiger partial charge in [0.1, 0.15) is 6.04 Å². The molecule has 30 heavy (non-hydrogen) atoms. The van der Waals surface area contributed by atoms with Gasteiger partial charge in [-0.25, -0.2) is 0 Å². The van der Waals surface area contributed by atoms with Crippen LogP contribution in [0.1, 0.15) is 40.9 Å².